The molecule has 7 heteroatoms. The highest BCUT2D eigenvalue weighted by Gasteiger charge is 2.25. The molecule has 0 saturated heterocycles. The fourth-order valence-corrected chi connectivity index (χ4v) is 2.89. The summed E-state index contributed by atoms with van der Waals surface area (Å²) >= 11 is 0. The average Bonchev–Trinajstić information content (AvgIpc) is 3.13. The number of carbonyl (C=O) groups is 2. The van der Waals surface area contributed by atoms with E-state index in [-0.39, 0.29) is 17.3 Å². The molecular weight excluding hydrogens is 373 g/mol. The largest absolute Gasteiger partial charge is 0.449 e. The van der Waals surface area contributed by atoms with E-state index in [1.807, 2.05) is 31.2 Å². The summed E-state index contributed by atoms with van der Waals surface area (Å²) < 4.78 is 20.1. The molecule has 0 spiro atoms. The van der Waals surface area contributed by atoms with Gasteiger partial charge in [0.25, 0.3) is 5.91 Å². The van der Waals surface area contributed by atoms with Gasteiger partial charge in [0.05, 0.1) is 5.69 Å². The maximum atomic E-state index is 13.3. The lowest BCUT2D eigenvalue weighted by Crippen LogP contribution is -2.34. The minimum Gasteiger partial charge on any atom is -0.449 e. The summed E-state index contributed by atoms with van der Waals surface area (Å²) in [5, 5.41) is 4.53. The average molecular weight is 395 g/mol. The summed E-state index contributed by atoms with van der Waals surface area (Å²) in [7, 11) is 3.19. The molecule has 0 N–H and O–H groups in total. The molecule has 1 heterocycles. The van der Waals surface area contributed by atoms with Crippen molar-refractivity contribution in [2.24, 2.45) is 0 Å². The summed E-state index contributed by atoms with van der Waals surface area (Å²) in [5.41, 5.74) is 2.99. The van der Waals surface area contributed by atoms with Crippen LogP contribution in [0.3, 0.4) is 0 Å². The molecule has 0 radical (unpaired) electrons. The second-order valence-electron chi connectivity index (χ2n) is 6.96. The maximum Gasteiger partial charge on any atom is 0.342 e. The number of hydrogen-bond acceptors (Lipinski definition) is 4. The highest BCUT2D eigenvalue weighted by molar-refractivity contribution is 5.97. The van der Waals surface area contributed by atoms with Gasteiger partial charge in [-0.05, 0) is 44.2 Å². The first-order valence-electron chi connectivity index (χ1n) is 9.11. The minimum atomic E-state index is -0.933. The Morgan fingerprint density at radius 3 is 2.45 bits per heavy atom. The van der Waals surface area contributed by atoms with E-state index < -0.39 is 12.1 Å². The van der Waals surface area contributed by atoms with Crippen LogP contribution in [0.5, 0.6) is 0 Å². The van der Waals surface area contributed by atoms with Crippen LogP contribution in [0.1, 0.15) is 22.8 Å². The number of benzene rings is 2. The number of ether oxygens (including phenoxy) is 1. The van der Waals surface area contributed by atoms with Crippen molar-refractivity contribution in [2.75, 3.05) is 14.1 Å². The third-order valence-electron chi connectivity index (χ3n) is 4.39. The number of hydrogen-bond donors (Lipinski definition) is 0. The predicted molar refractivity (Wildman–Crippen MR) is 107 cm³/mol. The Morgan fingerprint density at radius 2 is 1.83 bits per heavy atom. The van der Waals surface area contributed by atoms with E-state index in [1.165, 1.54) is 34.8 Å². The number of aromatic nitrogens is 2. The van der Waals surface area contributed by atoms with Crippen molar-refractivity contribution in [3.63, 3.8) is 0 Å². The van der Waals surface area contributed by atoms with Gasteiger partial charge in [-0.15, -0.1) is 0 Å². The first-order chi connectivity index (χ1) is 13.8. The normalized spacial score (nSPS) is 11.8. The van der Waals surface area contributed by atoms with Crippen molar-refractivity contribution < 1.29 is 18.7 Å². The topological polar surface area (TPSA) is 64.4 Å². The van der Waals surface area contributed by atoms with E-state index in [2.05, 4.69) is 5.10 Å². The van der Waals surface area contributed by atoms with Crippen LogP contribution in [0.4, 0.5) is 4.39 Å². The van der Waals surface area contributed by atoms with Gasteiger partial charge in [0, 0.05) is 25.9 Å². The van der Waals surface area contributed by atoms with Crippen molar-refractivity contribution in [1.82, 2.24) is 14.7 Å². The second kappa shape index (κ2) is 8.26. The molecule has 0 unspecified atom stereocenters. The van der Waals surface area contributed by atoms with Crippen molar-refractivity contribution in [2.45, 2.75) is 20.0 Å². The van der Waals surface area contributed by atoms with Crippen LogP contribution in [0.25, 0.3) is 16.9 Å². The first-order valence-corrected chi connectivity index (χ1v) is 9.11. The molecule has 3 aromatic rings. The van der Waals surface area contributed by atoms with E-state index in [4.69, 9.17) is 4.74 Å². The Bertz CT molecular complexity index is 1040. The van der Waals surface area contributed by atoms with E-state index in [0.29, 0.717) is 11.4 Å². The number of carbonyl (C=O) groups excluding carboxylic acids is 2. The molecular formula is C22H22FN3O3. The first kappa shape index (κ1) is 20.3. The number of halogens is 1. The third kappa shape index (κ3) is 4.51. The number of amides is 1. The van der Waals surface area contributed by atoms with Gasteiger partial charge in [0.15, 0.2) is 6.10 Å². The summed E-state index contributed by atoms with van der Waals surface area (Å²) in [5.74, 6) is -1.34. The minimum absolute atomic E-state index is 0.221. The molecule has 0 aliphatic rings. The fraction of sp³-hybridized carbons (Fsp3) is 0.227. The van der Waals surface area contributed by atoms with Crippen molar-refractivity contribution >= 4 is 11.9 Å². The molecule has 0 saturated carbocycles. The Morgan fingerprint density at radius 1 is 1.14 bits per heavy atom. The van der Waals surface area contributed by atoms with Crippen LogP contribution < -0.4 is 0 Å². The highest BCUT2D eigenvalue weighted by Crippen LogP contribution is 2.26. The zero-order valence-electron chi connectivity index (χ0n) is 16.7. The third-order valence-corrected chi connectivity index (χ3v) is 4.39. The maximum absolute atomic E-state index is 13.3. The summed E-state index contributed by atoms with van der Waals surface area (Å²) in [4.78, 5) is 26.3. The molecule has 1 aromatic heterocycles. The number of esters is 1. The monoisotopic (exact) mass is 395 g/mol. The van der Waals surface area contributed by atoms with Crippen molar-refractivity contribution in [3.05, 3.63) is 71.7 Å². The molecule has 2 aromatic carbocycles. The lowest BCUT2D eigenvalue weighted by atomic mass is 10.1. The van der Waals surface area contributed by atoms with Crippen LogP contribution in [0.2, 0.25) is 0 Å². The molecule has 1 amide bonds. The van der Waals surface area contributed by atoms with Gasteiger partial charge in [-0.3, -0.25) is 4.79 Å². The molecule has 6 nitrogen and oxygen atoms in total. The van der Waals surface area contributed by atoms with Crippen molar-refractivity contribution in [3.8, 4) is 16.9 Å². The Kier molecular flexibility index (Phi) is 5.77. The quantitative estimate of drug-likeness (QED) is 0.619. The molecule has 150 valence electrons. The van der Waals surface area contributed by atoms with Crippen molar-refractivity contribution in [1.29, 1.82) is 0 Å². The van der Waals surface area contributed by atoms with Crippen LogP contribution in [0, 0.1) is 12.7 Å². The molecule has 29 heavy (non-hydrogen) atoms. The SMILES string of the molecule is Cc1cccc(-c2nn(-c3ccc(F)cc3)cc2C(=O)O[C@@H](C)C(=O)N(C)C)c1. The lowest BCUT2D eigenvalue weighted by molar-refractivity contribution is -0.137. The molecule has 0 aliphatic carbocycles. The van der Waals surface area contributed by atoms with E-state index in [0.717, 1.165) is 11.1 Å². The number of aryl methyl sites for hydroxylation is 1. The van der Waals surface area contributed by atoms with Crippen LogP contribution in [-0.2, 0) is 9.53 Å². The van der Waals surface area contributed by atoms with Crippen LogP contribution in [-0.4, -0.2) is 46.8 Å². The molecule has 3 rings (SSSR count). The number of rotatable bonds is 5. The van der Waals surface area contributed by atoms with Crippen LogP contribution >= 0.6 is 0 Å². The molecule has 0 aliphatic heterocycles. The predicted octanol–water partition coefficient (Wildman–Crippen LogP) is 3.62. The van der Waals surface area contributed by atoms with Gasteiger partial charge in [0.1, 0.15) is 17.1 Å². The van der Waals surface area contributed by atoms with E-state index >= 15 is 0 Å². The Hall–Kier alpha value is -3.48. The number of nitrogens with zero attached hydrogens (tertiary/aromatic N) is 3. The molecule has 0 fully saturated rings. The zero-order valence-corrected chi connectivity index (χ0v) is 16.7. The highest BCUT2D eigenvalue weighted by atomic mass is 19.1. The van der Waals surface area contributed by atoms with E-state index in [9.17, 15) is 14.0 Å². The standard InChI is InChI=1S/C22H22FN3O3/c1-14-6-5-7-16(12-14)20-19(22(28)29-15(2)21(27)25(3)4)13-26(24-20)18-10-8-17(23)9-11-18/h5-13,15H,1-4H3/t15-/m0/s1. The fourth-order valence-electron chi connectivity index (χ4n) is 2.89. The van der Waals surface area contributed by atoms with Gasteiger partial charge in [-0.25, -0.2) is 13.9 Å². The molecule has 0 bridgehead atoms. The zero-order chi connectivity index (χ0) is 21.1. The van der Waals surface area contributed by atoms with Gasteiger partial charge in [-0.2, -0.15) is 5.10 Å². The van der Waals surface area contributed by atoms with Crippen LogP contribution in [0.15, 0.2) is 54.7 Å². The summed E-state index contributed by atoms with van der Waals surface area (Å²) in [6.45, 7) is 3.47. The summed E-state index contributed by atoms with van der Waals surface area (Å²) in [6, 6.07) is 13.3. The Balaban J connectivity index is 2.03. The van der Waals surface area contributed by atoms with Gasteiger partial charge < -0.3 is 9.64 Å². The second-order valence-corrected chi connectivity index (χ2v) is 6.96. The summed E-state index contributed by atoms with van der Waals surface area (Å²) in [6.07, 6.45) is 0.595. The van der Waals surface area contributed by atoms with Gasteiger partial charge in [-0.1, -0.05) is 23.8 Å². The molecule has 1 atom stereocenters. The Labute approximate surface area is 168 Å². The smallest absolute Gasteiger partial charge is 0.342 e. The van der Waals surface area contributed by atoms with E-state index in [1.54, 1.807) is 26.2 Å². The van der Waals surface area contributed by atoms with Gasteiger partial charge >= 0.3 is 5.97 Å². The van der Waals surface area contributed by atoms with Gasteiger partial charge in [0.2, 0.25) is 0 Å². The lowest BCUT2D eigenvalue weighted by Gasteiger charge is -2.17. The number of likely N-dealkylation sites (N-methyl/N-ethyl adjacent to an activating group) is 1.